The van der Waals surface area contributed by atoms with Crippen LogP contribution in [0, 0.1) is 0 Å². The van der Waals surface area contributed by atoms with Gasteiger partial charge in [-0.05, 0) is 30.3 Å². The normalized spacial score (nSPS) is 16.7. The first-order valence-electron chi connectivity index (χ1n) is 7.82. The zero-order valence-corrected chi connectivity index (χ0v) is 14.6. The van der Waals surface area contributed by atoms with Gasteiger partial charge in [-0.3, -0.25) is 19.8 Å². The number of hydrogen-bond donors (Lipinski definition) is 2. The molecule has 1 aliphatic heterocycles. The molecule has 1 fully saturated rings. The highest BCUT2D eigenvalue weighted by Gasteiger charge is 2.39. The van der Waals surface area contributed by atoms with Crippen LogP contribution >= 0.6 is 11.6 Å². The molecule has 26 heavy (non-hydrogen) atoms. The number of carbonyl (C=O) groups is 3. The Morgan fingerprint density at radius 1 is 1.19 bits per heavy atom. The molecule has 1 heterocycles. The van der Waals surface area contributed by atoms with Gasteiger partial charge < -0.3 is 4.74 Å². The van der Waals surface area contributed by atoms with Crippen molar-refractivity contribution in [3.8, 4) is 5.75 Å². The van der Waals surface area contributed by atoms with E-state index in [9.17, 15) is 14.4 Å². The lowest BCUT2D eigenvalue weighted by molar-refractivity contribution is -0.121. The average molecular weight is 374 g/mol. The Morgan fingerprint density at radius 3 is 2.69 bits per heavy atom. The minimum atomic E-state index is -0.850. The summed E-state index contributed by atoms with van der Waals surface area (Å²) in [7, 11) is 1.50. The molecular weight excluding hydrogens is 358 g/mol. The number of nitrogens with zero attached hydrogens (tertiary/aromatic N) is 1. The fraction of sp³-hybridized carbons (Fsp3) is 0.167. The number of nitrogens with one attached hydrogen (secondary N) is 2. The van der Waals surface area contributed by atoms with E-state index >= 15 is 0 Å². The zero-order chi connectivity index (χ0) is 18.7. The molecule has 1 atom stereocenters. The highest BCUT2D eigenvalue weighted by atomic mass is 35.5. The summed E-state index contributed by atoms with van der Waals surface area (Å²) in [6, 6.07) is 12.2. The van der Waals surface area contributed by atoms with Gasteiger partial charge in [0.15, 0.2) is 0 Å². The van der Waals surface area contributed by atoms with Crippen molar-refractivity contribution in [2.75, 3.05) is 12.0 Å². The number of benzene rings is 2. The summed E-state index contributed by atoms with van der Waals surface area (Å²) in [5, 5.41) is 0.425. The lowest BCUT2D eigenvalue weighted by Gasteiger charge is -2.16. The van der Waals surface area contributed by atoms with E-state index in [1.807, 2.05) is 0 Å². The van der Waals surface area contributed by atoms with Crippen molar-refractivity contribution in [3.63, 3.8) is 0 Å². The second-order valence-electron chi connectivity index (χ2n) is 5.63. The molecule has 1 saturated heterocycles. The van der Waals surface area contributed by atoms with Crippen molar-refractivity contribution in [1.82, 2.24) is 10.9 Å². The van der Waals surface area contributed by atoms with E-state index < -0.39 is 17.9 Å². The topological polar surface area (TPSA) is 87.7 Å². The number of methoxy groups -OCH3 is 1. The Hall–Kier alpha value is -2.90. The predicted molar refractivity (Wildman–Crippen MR) is 95.9 cm³/mol. The van der Waals surface area contributed by atoms with Gasteiger partial charge in [-0.2, -0.15) is 0 Å². The van der Waals surface area contributed by atoms with Crippen LogP contribution in [0.2, 0.25) is 5.02 Å². The Morgan fingerprint density at radius 2 is 1.96 bits per heavy atom. The highest BCUT2D eigenvalue weighted by molar-refractivity contribution is 6.31. The minimum Gasteiger partial charge on any atom is -0.497 e. The van der Waals surface area contributed by atoms with E-state index in [0.717, 1.165) is 4.90 Å². The first-order valence-corrected chi connectivity index (χ1v) is 8.19. The summed E-state index contributed by atoms with van der Waals surface area (Å²) < 4.78 is 5.12. The van der Waals surface area contributed by atoms with Crippen LogP contribution in [0.3, 0.4) is 0 Å². The lowest BCUT2D eigenvalue weighted by Crippen LogP contribution is -2.48. The Bertz CT molecular complexity index is 871. The first-order chi connectivity index (χ1) is 12.5. The molecule has 8 heteroatoms. The first kappa shape index (κ1) is 17.9. The molecule has 1 aliphatic rings. The fourth-order valence-corrected chi connectivity index (χ4v) is 2.81. The molecule has 0 aromatic heterocycles. The molecule has 0 unspecified atom stereocenters. The van der Waals surface area contributed by atoms with Crippen molar-refractivity contribution in [3.05, 3.63) is 59.1 Å². The summed E-state index contributed by atoms with van der Waals surface area (Å²) in [6.45, 7) is 0. The molecule has 0 aliphatic carbocycles. The summed E-state index contributed by atoms with van der Waals surface area (Å²) >= 11 is 5.85. The summed E-state index contributed by atoms with van der Waals surface area (Å²) in [5.41, 5.74) is 5.82. The summed E-state index contributed by atoms with van der Waals surface area (Å²) in [4.78, 5) is 38.0. The van der Waals surface area contributed by atoms with Crippen molar-refractivity contribution in [2.45, 2.75) is 12.5 Å². The van der Waals surface area contributed by atoms with Crippen molar-refractivity contribution >= 4 is 35.0 Å². The largest absolute Gasteiger partial charge is 0.497 e. The van der Waals surface area contributed by atoms with Crippen LogP contribution in [0.1, 0.15) is 16.8 Å². The van der Waals surface area contributed by atoms with E-state index in [2.05, 4.69) is 10.9 Å². The fourth-order valence-electron chi connectivity index (χ4n) is 2.62. The van der Waals surface area contributed by atoms with Gasteiger partial charge in [-0.15, -0.1) is 0 Å². The van der Waals surface area contributed by atoms with Crippen LogP contribution in [0.15, 0.2) is 48.5 Å². The standard InChI is InChI=1S/C18H16ClN3O4/c1-26-14-7-3-6-13(9-14)22-16(23)10-15(18(22)25)20-21-17(24)11-4-2-5-12(19)8-11/h2-9,15,20H,10H2,1H3,(H,21,24)/t15-/m0/s1. The molecule has 2 aromatic rings. The van der Waals surface area contributed by atoms with E-state index in [1.165, 1.54) is 13.2 Å². The molecule has 7 nitrogen and oxygen atoms in total. The monoisotopic (exact) mass is 373 g/mol. The van der Waals surface area contributed by atoms with E-state index in [1.54, 1.807) is 42.5 Å². The molecule has 134 valence electrons. The van der Waals surface area contributed by atoms with Crippen LogP contribution in [-0.2, 0) is 9.59 Å². The quantitative estimate of drug-likeness (QED) is 0.617. The molecule has 3 rings (SSSR count). The maximum absolute atomic E-state index is 12.5. The Kier molecular flexibility index (Phi) is 5.20. The number of rotatable bonds is 5. The zero-order valence-electron chi connectivity index (χ0n) is 13.9. The second kappa shape index (κ2) is 7.55. The molecule has 2 aromatic carbocycles. The molecule has 0 bridgehead atoms. The van der Waals surface area contributed by atoms with Gasteiger partial charge in [0.1, 0.15) is 11.8 Å². The van der Waals surface area contributed by atoms with Crippen LogP contribution in [0.4, 0.5) is 5.69 Å². The van der Waals surface area contributed by atoms with E-state index in [4.69, 9.17) is 16.3 Å². The number of amides is 3. The third-order valence-electron chi connectivity index (χ3n) is 3.90. The summed E-state index contributed by atoms with van der Waals surface area (Å²) in [6.07, 6.45) is -0.0636. The number of imide groups is 1. The third kappa shape index (κ3) is 3.68. The number of carbonyl (C=O) groups excluding carboxylic acids is 3. The number of ether oxygens (including phenoxy) is 1. The van der Waals surface area contributed by atoms with E-state index in [0.29, 0.717) is 22.0 Å². The number of hydrogen-bond acceptors (Lipinski definition) is 5. The maximum Gasteiger partial charge on any atom is 0.265 e. The number of hydrazine groups is 1. The average Bonchev–Trinajstić information content (AvgIpc) is 2.93. The van der Waals surface area contributed by atoms with Gasteiger partial charge in [0.2, 0.25) is 5.91 Å². The van der Waals surface area contributed by atoms with E-state index in [-0.39, 0.29) is 12.3 Å². The van der Waals surface area contributed by atoms with Crippen LogP contribution in [-0.4, -0.2) is 30.9 Å². The predicted octanol–water partition coefficient (Wildman–Crippen LogP) is 1.92. The van der Waals surface area contributed by atoms with Crippen LogP contribution < -0.4 is 20.5 Å². The molecule has 2 N–H and O–H groups in total. The van der Waals surface area contributed by atoms with Gasteiger partial charge in [0, 0.05) is 16.7 Å². The van der Waals surface area contributed by atoms with Crippen molar-refractivity contribution in [1.29, 1.82) is 0 Å². The Balaban J connectivity index is 1.68. The lowest BCUT2D eigenvalue weighted by atomic mass is 10.2. The number of anilines is 1. The van der Waals surface area contributed by atoms with Crippen molar-refractivity contribution < 1.29 is 19.1 Å². The van der Waals surface area contributed by atoms with Gasteiger partial charge in [-0.1, -0.05) is 23.7 Å². The van der Waals surface area contributed by atoms with Gasteiger partial charge in [0.05, 0.1) is 19.2 Å². The second-order valence-corrected chi connectivity index (χ2v) is 6.07. The Labute approximate surface area is 154 Å². The van der Waals surface area contributed by atoms with Gasteiger partial charge in [0.25, 0.3) is 11.8 Å². The highest BCUT2D eigenvalue weighted by Crippen LogP contribution is 2.26. The molecule has 0 spiro atoms. The smallest absolute Gasteiger partial charge is 0.265 e. The van der Waals surface area contributed by atoms with Crippen molar-refractivity contribution in [2.24, 2.45) is 0 Å². The van der Waals surface area contributed by atoms with Gasteiger partial charge >= 0.3 is 0 Å². The molecule has 0 saturated carbocycles. The minimum absolute atomic E-state index is 0.0636. The SMILES string of the molecule is COc1cccc(N2C(=O)C[C@H](NNC(=O)c3cccc(Cl)c3)C2=O)c1. The molecule has 3 amide bonds. The number of halogens is 1. The van der Waals surface area contributed by atoms with Gasteiger partial charge in [-0.25, -0.2) is 10.3 Å². The van der Waals surface area contributed by atoms with Crippen LogP contribution in [0.5, 0.6) is 5.75 Å². The third-order valence-corrected chi connectivity index (χ3v) is 4.14. The maximum atomic E-state index is 12.5. The molecular formula is C18H16ClN3O4. The molecule has 0 radical (unpaired) electrons. The summed E-state index contributed by atoms with van der Waals surface area (Å²) in [5.74, 6) is -0.728. The van der Waals surface area contributed by atoms with Crippen LogP contribution in [0.25, 0.3) is 0 Å².